The minimum absolute atomic E-state index is 0.0298. The molecule has 4 rings (SSSR count). The fourth-order valence-electron chi connectivity index (χ4n) is 3.21. The Labute approximate surface area is 195 Å². The van der Waals surface area contributed by atoms with Crippen LogP contribution in [0.1, 0.15) is 15.9 Å². The number of rotatable bonds is 6. The van der Waals surface area contributed by atoms with Crippen molar-refractivity contribution in [2.45, 2.75) is 11.4 Å². The molecule has 1 amide bonds. The molecule has 1 fully saturated rings. The second-order valence-corrected chi connectivity index (χ2v) is 9.69. The van der Waals surface area contributed by atoms with E-state index >= 15 is 0 Å². The minimum Gasteiger partial charge on any atom is -0.379 e. The maximum atomic E-state index is 13.0. The van der Waals surface area contributed by atoms with E-state index in [0.717, 1.165) is 11.3 Å². The molecule has 1 aliphatic heterocycles. The van der Waals surface area contributed by atoms with E-state index in [4.69, 9.17) is 27.9 Å². The Bertz CT molecular complexity index is 1210. The van der Waals surface area contributed by atoms with Crippen LogP contribution in [0.4, 0.5) is 0 Å². The molecule has 168 valence electrons. The molecule has 0 aliphatic carbocycles. The third kappa shape index (κ3) is 4.79. The van der Waals surface area contributed by atoms with Gasteiger partial charge in [0.05, 0.1) is 34.5 Å². The van der Waals surface area contributed by atoms with Gasteiger partial charge >= 0.3 is 0 Å². The third-order valence-electron chi connectivity index (χ3n) is 4.93. The highest BCUT2D eigenvalue weighted by Gasteiger charge is 2.30. The minimum atomic E-state index is -3.89. The number of morpholine rings is 1. The van der Waals surface area contributed by atoms with Crippen LogP contribution in [0.25, 0.3) is 5.69 Å². The molecular formula is C20H19Cl2N5O4S. The largest absolute Gasteiger partial charge is 0.379 e. The molecule has 32 heavy (non-hydrogen) atoms. The Morgan fingerprint density at radius 1 is 1.09 bits per heavy atom. The lowest BCUT2D eigenvalue weighted by Gasteiger charge is -2.26. The first-order valence-corrected chi connectivity index (χ1v) is 11.8. The Balaban J connectivity index is 1.50. The van der Waals surface area contributed by atoms with Gasteiger partial charge in [0, 0.05) is 19.6 Å². The number of halogens is 2. The summed E-state index contributed by atoms with van der Waals surface area (Å²) >= 11 is 12.4. The van der Waals surface area contributed by atoms with Crippen molar-refractivity contribution in [3.05, 3.63) is 70.2 Å². The van der Waals surface area contributed by atoms with Crippen LogP contribution < -0.4 is 5.32 Å². The average Bonchev–Trinajstić information content (AvgIpc) is 3.33. The zero-order valence-electron chi connectivity index (χ0n) is 16.7. The zero-order valence-corrected chi connectivity index (χ0v) is 19.1. The number of ether oxygens (including phenoxy) is 1. The molecule has 12 heteroatoms. The average molecular weight is 496 g/mol. The molecular weight excluding hydrogens is 477 g/mol. The molecule has 0 saturated carbocycles. The summed E-state index contributed by atoms with van der Waals surface area (Å²) in [5.74, 6) is -0.509. The summed E-state index contributed by atoms with van der Waals surface area (Å²) in [6, 6.07) is 9.87. The van der Waals surface area contributed by atoms with Gasteiger partial charge in [-0.1, -0.05) is 35.3 Å². The van der Waals surface area contributed by atoms with Crippen molar-refractivity contribution in [2.75, 3.05) is 26.3 Å². The second kappa shape index (κ2) is 9.55. The molecule has 3 aromatic rings. The van der Waals surface area contributed by atoms with Gasteiger partial charge in [-0.25, -0.2) is 18.1 Å². The van der Waals surface area contributed by atoms with E-state index in [2.05, 4.69) is 15.4 Å². The monoisotopic (exact) mass is 495 g/mol. The van der Waals surface area contributed by atoms with Crippen molar-refractivity contribution in [2.24, 2.45) is 0 Å². The van der Waals surface area contributed by atoms with Gasteiger partial charge < -0.3 is 10.1 Å². The van der Waals surface area contributed by atoms with Crippen molar-refractivity contribution >= 4 is 39.1 Å². The van der Waals surface area contributed by atoms with E-state index in [1.54, 1.807) is 11.0 Å². The summed E-state index contributed by atoms with van der Waals surface area (Å²) in [5.41, 5.74) is 1.70. The van der Waals surface area contributed by atoms with Crippen molar-refractivity contribution < 1.29 is 17.9 Å². The number of carbonyl (C=O) groups is 1. The first-order chi connectivity index (χ1) is 15.4. The van der Waals surface area contributed by atoms with Gasteiger partial charge in [0.15, 0.2) is 0 Å². The Morgan fingerprint density at radius 2 is 1.81 bits per heavy atom. The van der Waals surface area contributed by atoms with E-state index in [0.29, 0.717) is 13.2 Å². The van der Waals surface area contributed by atoms with Crippen molar-refractivity contribution in [3.63, 3.8) is 0 Å². The molecule has 1 aliphatic rings. The zero-order chi connectivity index (χ0) is 22.7. The van der Waals surface area contributed by atoms with Crippen LogP contribution in [0.15, 0.2) is 53.9 Å². The van der Waals surface area contributed by atoms with Crippen LogP contribution in [-0.4, -0.2) is 59.7 Å². The number of nitrogens with one attached hydrogen (secondary N) is 1. The highest BCUT2D eigenvalue weighted by atomic mass is 35.5. The van der Waals surface area contributed by atoms with E-state index < -0.39 is 15.9 Å². The summed E-state index contributed by atoms with van der Waals surface area (Å²) in [4.78, 5) is 16.5. The van der Waals surface area contributed by atoms with E-state index in [-0.39, 0.29) is 40.1 Å². The van der Waals surface area contributed by atoms with Crippen molar-refractivity contribution in [1.29, 1.82) is 0 Å². The molecule has 0 bridgehead atoms. The number of hydrogen-bond donors (Lipinski definition) is 1. The van der Waals surface area contributed by atoms with Gasteiger partial charge in [-0.05, 0) is 29.8 Å². The van der Waals surface area contributed by atoms with Gasteiger partial charge in [-0.2, -0.15) is 9.40 Å². The fraction of sp³-hybridized carbons (Fsp3) is 0.250. The highest BCUT2D eigenvalue weighted by molar-refractivity contribution is 7.89. The molecule has 0 atom stereocenters. The molecule has 0 unspecified atom stereocenters. The summed E-state index contributed by atoms with van der Waals surface area (Å²) in [6.45, 7) is 1.25. The van der Waals surface area contributed by atoms with E-state index in [9.17, 15) is 13.2 Å². The molecule has 1 N–H and O–H groups in total. The summed E-state index contributed by atoms with van der Waals surface area (Å²) in [6.07, 6.45) is 3.03. The van der Waals surface area contributed by atoms with Gasteiger partial charge in [0.2, 0.25) is 10.0 Å². The van der Waals surface area contributed by atoms with Gasteiger partial charge in [-0.3, -0.25) is 4.79 Å². The Kier molecular flexibility index (Phi) is 6.77. The van der Waals surface area contributed by atoms with Crippen LogP contribution in [0.2, 0.25) is 10.0 Å². The summed E-state index contributed by atoms with van der Waals surface area (Å²) in [7, 11) is -3.89. The quantitative estimate of drug-likeness (QED) is 0.562. The van der Waals surface area contributed by atoms with Gasteiger partial charge in [0.25, 0.3) is 5.91 Å². The van der Waals surface area contributed by atoms with Crippen molar-refractivity contribution in [1.82, 2.24) is 24.4 Å². The third-order valence-corrected chi connectivity index (χ3v) is 7.60. The van der Waals surface area contributed by atoms with Crippen LogP contribution in [0.3, 0.4) is 0 Å². The molecule has 0 radical (unpaired) electrons. The SMILES string of the molecule is O=C(NCc1ccc(-n2cncn2)cc1)c1cc(S(=O)(=O)N2CCOCC2)c(Cl)cc1Cl. The van der Waals surface area contributed by atoms with Gasteiger partial charge in [0.1, 0.15) is 17.6 Å². The first kappa shape index (κ1) is 22.7. The smallest absolute Gasteiger partial charge is 0.253 e. The van der Waals surface area contributed by atoms with Crippen LogP contribution in [-0.2, 0) is 21.3 Å². The summed E-state index contributed by atoms with van der Waals surface area (Å²) in [5, 5.41) is 6.84. The maximum absolute atomic E-state index is 13.0. The molecule has 2 heterocycles. The van der Waals surface area contributed by atoms with Gasteiger partial charge in [-0.15, -0.1) is 0 Å². The number of amides is 1. The molecule has 2 aromatic carbocycles. The predicted molar refractivity (Wildman–Crippen MR) is 119 cm³/mol. The Hall–Kier alpha value is -2.50. The number of sulfonamides is 1. The molecule has 1 aromatic heterocycles. The summed E-state index contributed by atoms with van der Waals surface area (Å²) < 4.78 is 34.1. The van der Waals surface area contributed by atoms with Crippen molar-refractivity contribution in [3.8, 4) is 5.69 Å². The topological polar surface area (TPSA) is 106 Å². The lowest BCUT2D eigenvalue weighted by atomic mass is 10.1. The number of aromatic nitrogens is 3. The second-order valence-electron chi connectivity index (χ2n) is 6.97. The number of hydrogen-bond acceptors (Lipinski definition) is 6. The Morgan fingerprint density at radius 3 is 2.47 bits per heavy atom. The lowest BCUT2D eigenvalue weighted by Crippen LogP contribution is -2.40. The number of nitrogens with zero attached hydrogens (tertiary/aromatic N) is 4. The fourth-order valence-corrected chi connectivity index (χ4v) is 5.45. The van der Waals surface area contributed by atoms with E-state index in [1.807, 2.05) is 24.3 Å². The highest BCUT2D eigenvalue weighted by Crippen LogP contribution is 2.31. The standard InChI is InChI=1S/C20H19Cl2N5O4S/c21-17-10-18(22)19(32(29,30)26-5-7-31-8-6-26)9-16(17)20(28)24-11-14-1-3-15(4-2-14)27-13-23-12-25-27/h1-4,9-10,12-13H,5-8,11H2,(H,24,28). The predicted octanol–water partition coefficient (Wildman–Crippen LogP) is 2.53. The van der Waals surface area contributed by atoms with E-state index in [1.165, 1.54) is 22.8 Å². The number of carbonyl (C=O) groups excluding carboxylic acids is 1. The van der Waals surface area contributed by atoms with Crippen LogP contribution in [0.5, 0.6) is 0 Å². The molecule has 1 saturated heterocycles. The number of benzene rings is 2. The normalized spacial score (nSPS) is 14.9. The van der Waals surface area contributed by atoms with Crippen LogP contribution in [0, 0.1) is 0 Å². The molecule has 9 nitrogen and oxygen atoms in total. The maximum Gasteiger partial charge on any atom is 0.253 e. The first-order valence-electron chi connectivity index (χ1n) is 9.65. The lowest BCUT2D eigenvalue weighted by molar-refractivity contribution is 0.0730. The van der Waals surface area contributed by atoms with Crippen LogP contribution >= 0.6 is 23.2 Å². The molecule has 0 spiro atoms.